The molecule has 23 heavy (non-hydrogen) atoms. The molecule has 4 nitrogen and oxygen atoms in total. The Morgan fingerprint density at radius 1 is 1.13 bits per heavy atom. The monoisotopic (exact) mass is 310 g/mol. The van der Waals surface area contributed by atoms with Crippen LogP contribution in [-0.2, 0) is 0 Å². The maximum Gasteiger partial charge on any atom is 0.290 e. The molecule has 0 aliphatic heterocycles. The molecule has 1 N–H and O–H groups in total. The van der Waals surface area contributed by atoms with Crippen molar-refractivity contribution in [1.82, 2.24) is 10.5 Å². The maximum atomic E-state index is 13.2. The Labute approximate surface area is 132 Å². The minimum atomic E-state index is -0.366. The van der Waals surface area contributed by atoms with Crippen molar-refractivity contribution in [3.63, 3.8) is 0 Å². The molecule has 0 saturated heterocycles. The number of carbonyl (C=O) groups is 1. The van der Waals surface area contributed by atoms with E-state index in [1.807, 2.05) is 37.3 Å². The van der Waals surface area contributed by atoms with Gasteiger partial charge in [0.2, 0.25) is 5.76 Å². The predicted octanol–water partition coefficient (Wildman–Crippen LogP) is 3.97. The number of benzene rings is 2. The molecule has 3 aromatic rings. The van der Waals surface area contributed by atoms with Gasteiger partial charge in [0.25, 0.3) is 5.91 Å². The first-order valence-electron chi connectivity index (χ1n) is 7.22. The molecule has 0 spiro atoms. The summed E-state index contributed by atoms with van der Waals surface area (Å²) in [5, 5.41) is 6.67. The van der Waals surface area contributed by atoms with E-state index in [-0.39, 0.29) is 23.5 Å². The van der Waals surface area contributed by atoms with Gasteiger partial charge >= 0.3 is 0 Å². The van der Waals surface area contributed by atoms with Gasteiger partial charge in [-0.2, -0.15) is 0 Å². The van der Waals surface area contributed by atoms with Gasteiger partial charge < -0.3 is 9.84 Å². The lowest BCUT2D eigenvalue weighted by molar-refractivity contribution is 0.0902. The molecular weight excluding hydrogens is 295 g/mol. The number of carbonyl (C=O) groups excluding carboxylic acids is 1. The van der Waals surface area contributed by atoms with E-state index in [1.165, 1.54) is 18.2 Å². The number of aromatic nitrogens is 1. The van der Waals surface area contributed by atoms with Crippen LogP contribution in [0.25, 0.3) is 11.3 Å². The molecule has 1 amide bonds. The van der Waals surface area contributed by atoms with Crippen LogP contribution in [0.4, 0.5) is 4.39 Å². The fourth-order valence-corrected chi connectivity index (χ4v) is 2.26. The molecule has 0 aliphatic rings. The Morgan fingerprint density at radius 3 is 2.65 bits per heavy atom. The molecular formula is C18H15FN2O2. The van der Waals surface area contributed by atoms with E-state index in [0.717, 1.165) is 5.56 Å². The Balaban J connectivity index is 1.74. The average Bonchev–Trinajstić information content (AvgIpc) is 3.06. The number of rotatable bonds is 4. The van der Waals surface area contributed by atoms with E-state index in [1.54, 1.807) is 12.1 Å². The molecule has 0 radical (unpaired) electrons. The summed E-state index contributed by atoms with van der Waals surface area (Å²) in [6.07, 6.45) is 0. The highest BCUT2D eigenvalue weighted by Gasteiger charge is 2.17. The lowest BCUT2D eigenvalue weighted by atomic mass is 10.1. The number of halogens is 1. The van der Waals surface area contributed by atoms with E-state index in [9.17, 15) is 9.18 Å². The van der Waals surface area contributed by atoms with Crippen LogP contribution in [0.3, 0.4) is 0 Å². The molecule has 0 unspecified atom stereocenters. The third kappa shape index (κ3) is 3.45. The van der Waals surface area contributed by atoms with Gasteiger partial charge in [-0.15, -0.1) is 0 Å². The number of amides is 1. The van der Waals surface area contributed by atoms with Crippen LogP contribution >= 0.6 is 0 Å². The van der Waals surface area contributed by atoms with Crippen molar-refractivity contribution >= 4 is 5.91 Å². The van der Waals surface area contributed by atoms with Gasteiger partial charge in [-0.25, -0.2) is 4.39 Å². The highest BCUT2D eigenvalue weighted by atomic mass is 19.1. The summed E-state index contributed by atoms with van der Waals surface area (Å²) >= 11 is 0. The van der Waals surface area contributed by atoms with Crippen molar-refractivity contribution < 1.29 is 13.7 Å². The molecule has 1 aromatic heterocycles. The van der Waals surface area contributed by atoms with E-state index < -0.39 is 0 Å². The average molecular weight is 310 g/mol. The summed E-state index contributed by atoms with van der Waals surface area (Å²) in [5.74, 6) is -0.641. The van der Waals surface area contributed by atoms with Gasteiger partial charge in [-0.3, -0.25) is 4.79 Å². The second-order valence-electron chi connectivity index (χ2n) is 5.19. The summed E-state index contributed by atoms with van der Waals surface area (Å²) < 4.78 is 18.3. The lowest BCUT2D eigenvalue weighted by Gasteiger charge is -2.12. The number of nitrogens with one attached hydrogen (secondary N) is 1. The quantitative estimate of drug-likeness (QED) is 0.793. The maximum absolute atomic E-state index is 13.2. The summed E-state index contributed by atoms with van der Waals surface area (Å²) in [6, 6.07) is 16.9. The van der Waals surface area contributed by atoms with Crippen LogP contribution in [0.1, 0.15) is 29.1 Å². The molecule has 0 saturated carbocycles. The van der Waals surface area contributed by atoms with E-state index in [0.29, 0.717) is 11.3 Å². The van der Waals surface area contributed by atoms with E-state index in [2.05, 4.69) is 10.5 Å². The molecule has 116 valence electrons. The minimum absolute atomic E-state index is 0.0899. The number of hydrogen-bond donors (Lipinski definition) is 1. The van der Waals surface area contributed by atoms with Gasteiger partial charge in [-0.1, -0.05) is 47.6 Å². The topological polar surface area (TPSA) is 55.1 Å². The highest BCUT2D eigenvalue weighted by molar-refractivity contribution is 5.92. The van der Waals surface area contributed by atoms with Crippen molar-refractivity contribution in [3.8, 4) is 11.3 Å². The molecule has 0 bridgehead atoms. The number of hydrogen-bond acceptors (Lipinski definition) is 3. The smallest absolute Gasteiger partial charge is 0.290 e. The Hall–Kier alpha value is -2.95. The van der Waals surface area contributed by atoms with Crippen molar-refractivity contribution in [1.29, 1.82) is 0 Å². The molecule has 3 rings (SSSR count). The molecule has 2 aromatic carbocycles. The second kappa shape index (κ2) is 6.44. The third-order valence-corrected chi connectivity index (χ3v) is 3.50. The van der Waals surface area contributed by atoms with Gasteiger partial charge in [0, 0.05) is 11.6 Å². The van der Waals surface area contributed by atoms with Crippen molar-refractivity contribution in [3.05, 3.63) is 77.8 Å². The first-order valence-corrected chi connectivity index (χ1v) is 7.22. The zero-order valence-corrected chi connectivity index (χ0v) is 12.5. The predicted molar refractivity (Wildman–Crippen MR) is 84.2 cm³/mol. The number of nitrogens with zero attached hydrogens (tertiary/aromatic N) is 1. The summed E-state index contributed by atoms with van der Waals surface area (Å²) in [5.41, 5.74) is 1.97. The first kappa shape index (κ1) is 15.0. The summed E-state index contributed by atoms with van der Waals surface area (Å²) in [6.45, 7) is 1.89. The van der Waals surface area contributed by atoms with Crippen LogP contribution < -0.4 is 5.32 Å². The Morgan fingerprint density at radius 2 is 1.91 bits per heavy atom. The molecule has 0 aliphatic carbocycles. The summed E-state index contributed by atoms with van der Waals surface area (Å²) in [7, 11) is 0. The van der Waals surface area contributed by atoms with Gasteiger partial charge in [0.1, 0.15) is 11.5 Å². The van der Waals surface area contributed by atoms with Gasteiger partial charge in [0.05, 0.1) is 6.04 Å². The SMILES string of the molecule is C[C@H](NC(=O)c1cc(-c2cccc(F)c2)no1)c1ccccc1. The zero-order chi connectivity index (χ0) is 16.2. The standard InChI is InChI=1S/C18H15FN2O2/c1-12(13-6-3-2-4-7-13)20-18(22)17-11-16(21-23-17)14-8-5-9-15(19)10-14/h2-12H,1H3,(H,20,22)/t12-/m0/s1. The van der Waals surface area contributed by atoms with Crippen LogP contribution in [0.5, 0.6) is 0 Å². The summed E-state index contributed by atoms with van der Waals surface area (Å²) in [4.78, 5) is 12.2. The second-order valence-corrected chi connectivity index (χ2v) is 5.19. The largest absolute Gasteiger partial charge is 0.350 e. The zero-order valence-electron chi connectivity index (χ0n) is 12.5. The van der Waals surface area contributed by atoms with Crippen molar-refractivity contribution in [2.75, 3.05) is 0 Å². The highest BCUT2D eigenvalue weighted by Crippen LogP contribution is 2.20. The van der Waals surface area contributed by atoms with Crippen LogP contribution in [0, 0.1) is 5.82 Å². The molecule has 1 atom stereocenters. The molecule has 5 heteroatoms. The molecule has 0 fully saturated rings. The third-order valence-electron chi connectivity index (χ3n) is 3.50. The minimum Gasteiger partial charge on any atom is -0.350 e. The molecule has 1 heterocycles. The fraction of sp³-hybridized carbons (Fsp3) is 0.111. The van der Waals surface area contributed by atoms with E-state index in [4.69, 9.17) is 4.52 Å². The van der Waals surface area contributed by atoms with Gasteiger partial charge in [-0.05, 0) is 24.6 Å². The van der Waals surface area contributed by atoms with Gasteiger partial charge in [0.15, 0.2) is 0 Å². The lowest BCUT2D eigenvalue weighted by Crippen LogP contribution is -2.26. The van der Waals surface area contributed by atoms with Crippen LogP contribution in [0.15, 0.2) is 65.2 Å². The van der Waals surface area contributed by atoms with Crippen LogP contribution in [0.2, 0.25) is 0 Å². The van der Waals surface area contributed by atoms with Crippen LogP contribution in [-0.4, -0.2) is 11.1 Å². The Bertz CT molecular complexity index is 815. The first-order chi connectivity index (χ1) is 11.1. The Kier molecular flexibility index (Phi) is 4.19. The fourth-order valence-electron chi connectivity index (χ4n) is 2.26. The van der Waals surface area contributed by atoms with Crippen molar-refractivity contribution in [2.24, 2.45) is 0 Å². The van der Waals surface area contributed by atoms with E-state index >= 15 is 0 Å². The van der Waals surface area contributed by atoms with Crippen molar-refractivity contribution in [2.45, 2.75) is 13.0 Å². The normalized spacial score (nSPS) is 11.9.